The van der Waals surface area contributed by atoms with E-state index in [9.17, 15) is 9.59 Å². The number of nitrogens with two attached hydrogens (primary N) is 1. The van der Waals surface area contributed by atoms with Crippen LogP contribution in [0, 0.1) is 0 Å². The number of carboxylic acids is 1. The topological polar surface area (TPSA) is 92.9 Å². The van der Waals surface area contributed by atoms with Crippen LogP contribution in [0.1, 0.15) is 6.42 Å². The van der Waals surface area contributed by atoms with Crippen LogP contribution in [-0.2, 0) is 14.3 Å². The lowest BCUT2D eigenvalue weighted by atomic mass is 10.2. The van der Waals surface area contributed by atoms with E-state index in [4.69, 9.17) is 15.6 Å². The lowest BCUT2D eigenvalue weighted by Gasteiger charge is -2.32. The second-order valence-corrected chi connectivity index (χ2v) is 3.05. The third kappa shape index (κ3) is 2.43. The van der Waals surface area contributed by atoms with E-state index < -0.39 is 12.0 Å². The van der Waals surface area contributed by atoms with Gasteiger partial charge in [-0.15, -0.1) is 0 Å². The summed E-state index contributed by atoms with van der Waals surface area (Å²) in [7, 11) is 0. The number of ether oxygens (including phenoxy) is 1. The SMILES string of the molecule is NCCC(=O)N1CCOCC1C(=O)O. The molecule has 1 unspecified atom stereocenters. The number of amides is 1. The van der Waals surface area contributed by atoms with Crippen molar-refractivity contribution in [2.75, 3.05) is 26.3 Å². The molecule has 0 aromatic heterocycles. The van der Waals surface area contributed by atoms with Gasteiger partial charge in [-0.25, -0.2) is 4.79 Å². The Morgan fingerprint density at radius 2 is 2.29 bits per heavy atom. The number of carbonyl (C=O) groups excluding carboxylic acids is 1. The molecule has 0 aliphatic carbocycles. The molecule has 1 rings (SSSR count). The van der Waals surface area contributed by atoms with Gasteiger partial charge in [0.05, 0.1) is 13.2 Å². The molecule has 1 aliphatic heterocycles. The van der Waals surface area contributed by atoms with Crippen molar-refractivity contribution in [1.82, 2.24) is 4.90 Å². The minimum Gasteiger partial charge on any atom is -0.480 e. The molecule has 0 radical (unpaired) electrons. The van der Waals surface area contributed by atoms with Crippen LogP contribution in [-0.4, -0.2) is 54.2 Å². The standard InChI is InChI=1S/C8H14N2O4/c9-2-1-7(11)10-3-4-14-5-6(10)8(12)13/h6H,1-5,9H2,(H,12,13). The number of nitrogens with zero attached hydrogens (tertiary/aromatic N) is 1. The van der Waals surface area contributed by atoms with Crippen molar-refractivity contribution in [3.63, 3.8) is 0 Å². The zero-order chi connectivity index (χ0) is 10.6. The first kappa shape index (κ1) is 10.9. The first-order chi connectivity index (χ1) is 6.66. The second kappa shape index (κ2) is 4.92. The molecule has 0 spiro atoms. The fraction of sp³-hybridized carbons (Fsp3) is 0.750. The Bertz CT molecular complexity index is 231. The molecule has 1 aliphatic rings. The summed E-state index contributed by atoms with van der Waals surface area (Å²) in [6.07, 6.45) is 0.184. The fourth-order valence-corrected chi connectivity index (χ4v) is 1.37. The molecule has 6 nitrogen and oxygen atoms in total. The van der Waals surface area contributed by atoms with Crippen molar-refractivity contribution in [2.24, 2.45) is 5.73 Å². The number of aliphatic carboxylic acids is 1. The molecule has 1 atom stereocenters. The normalized spacial score (nSPS) is 22.1. The fourth-order valence-electron chi connectivity index (χ4n) is 1.37. The number of morpholine rings is 1. The van der Waals surface area contributed by atoms with E-state index in [1.807, 2.05) is 0 Å². The molecule has 0 aromatic rings. The van der Waals surface area contributed by atoms with Gasteiger partial charge in [0.15, 0.2) is 6.04 Å². The van der Waals surface area contributed by atoms with Crippen LogP contribution in [0.3, 0.4) is 0 Å². The van der Waals surface area contributed by atoms with Crippen molar-refractivity contribution < 1.29 is 19.4 Å². The van der Waals surface area contributed by atoms with Crippen molar-refractivity contribution in [1.29, 1.82) is 0 Å². The van der Waals surface area contributed by atoms with Crippen LogP contribution in [0.4, 0.5) is 0 Å². The largest absolute Gasteiger partial charge is 0.480 e. The van der Waals surface area contributed by atoms with Gasteiger partial charge in [0.25, 0.3) is 0 Å². The molecule has 1 amide bonds. The highest BCUT2D eigenvalue weighted by Crippen LogP contribution is 2.08. The van der Waals surface area contributed by atoms with Gasteiger partial charge < -0.3 is 20.5 Å². The summed E-state index contributed by atoms with van der Waals surface area (Å²) >= 11 is 0. The van der Waals surface area contributed by atoms with Gasteiger partial charge >= 0.3 is 5.97 Å². The summed E-state index contributed by atoms with van der Waals surface area (Å²) in [5, 5.41) is 8.82. The van der Waals surface area contributed by atoms with Crippen LogP contribution < -0.4 is 5.73 Å². The maximum atomic E-state index is 11.4. The molecule has 14 heavy (non-hydrogen) atoms. The molecule has 0 aromatic carbocycles. The van der Waals surface area contributed by atoms with Crippen LogP contribution in [0.2, 0.25) is 0 Å². The average molecular weight is 202 g/mol. The van der Waals surface area contributed by atoms with Crippen molar-refractivity contribution in [3.05, 3.63) is 0 Å². The Kier molecular flexibility index (Phi) is 3.84. The van der Waals surface area contributed by atoms with Crippen molar-refractivity contribution in [2.45, 2.75) is 12.5 Å². The first-order valence-corrected chi connectivity index (χ1v) is 4.47. The van der Waals surface area contributed by atoms with Gasteiger partial charge in [0.1, 0.15) is 0 Å². The lowest BCUT2D eigenvalue weighted by molar-refractivity contribution is -0.158. The van der Waals surface area contributed by atoms with E-state index >= 15 is 0 Å². The highest BCUT2D eigenvalue weighted by molar-refractivity contribution is 5.84. The van der Waals surface area contributed by atoms with Crippen LogP contribution in [0.15, 0.2) is 0 Å². The van der Waals surface area contributed by atoms with Gasteiger partial charge in [-0.3, -0.25) is 4.79 Å². The van der Waals surface area contributed by atoms with Crippen LogP contribution in [0.25, 0.3) is 0 Å². The molecular formula is C8H14N2O4. The highest BCUT2D eigenvalue weighted by atomic mass is 16.5. The quantitative estimate of drug-likeness (QED) is 0.590. The number of carbonyl (C=O) groups is 2. The predicted molar refractivity (Wildman–Crippen MR) is 47.6 cm³/mol. The number of carboxylic acid groups (broad SMARTS) is 1. The van der Waals surface area contributed by atoms with E-state index in [2.05, 4.69) is 0 Å². The van der Waals surface area contributed by atoms with Crippen LogP contribution in [0.5, 0.6) is 0 Å². The van der Waals surface area contributed by atoms with Crippen LogP contribution >= 0.6 is 0 Å². The smallest absolute Gasteiger partial charge is 0.328 e. The summed E-state index contributed by atoms with van der Waals surface area (Å²) in [6.45, 7) is 1.02. The Labute approximate surface area is 81.6 Å². The Morgan fingerprint density at radius 3 is 2.86 bits per heavy atom. The Hall–Kier alpha value is -1.14. The molecule has 1 fully saturated rings. The molecular weight excluding hydrogens is 188 g/mol. The third-order valence-electron chi connectivity index (χ3n) is 2.09. The predicted octanol–water partition coefficient (Wildman–Crippen LogP) is -1.35. The van der Waals surface area contributed by atoms with Gasteiger partial charge in [-0.2, -0.15) is 0 Å². The summed E-state index contributed by atoms with van der Waals surface area (Å²) < 4.78 is 5.00. The maximum absolute atomic E-state index is 11.4. The molecule has 0 bridgehead atoms. The number of rotatable bonds is 3. The van der Waals surface area contributed by atoms with E-state index in [1.165, 1.54) is 4.90 Å². The Balaban J connectivity index is 2.62. The zero-order valence-corrected chi connectivity index (χ0v) is 7.81. The van der Waals surface area contributed by atoms with Gasteiger partial charge in [-0.05, 0) is 0 Å². The van der Waals surface area contributed by atoms with Gasteiger partial charge in [0, 0.05) is 19.5 Å². The second-order valence-electron chi connectivity index (χ2n) is 3.05. The molecule has 3 N–H and O–H groups in total. The molecule has 1 heterocycles. The van der Waals surface area contributed by atoms with E-state index in [-0.39, 0.29) is 25.5 Å². The zero-order valence-electron chi connectivity index (χ0n) is 7.81. The number of hydrogen-bond donors (Lipinski definition) is 2. The summed E-state index contributed by atoms with van der Waals surface area (Å²) in [6, 6.07) is -0.859. The summed E-state index contributed by atoms with van der Waals surface area (Å²) in [5.41, 5.74) is 5.23. The first-order valence-electron chi connectivity index (χ1n) is 4.47. The minimum atomic E-state index is -1.03. The monoisotopic (exact) mass is 202 g/mol. The van der Waals surface area contributed by atoms with Crippen molar-refractivity contribution >= 4 is 11.9 Å². The summed E-state index contributed by atoms with van der Waals surface area (Å²) in [5.74, 6) is -1.25. The lowest BCUT2D eigenvalue weighted by Crippen LogP contribution is -2.52. The third-order valence-corrected chi connectivity index (χ3v) is 2.09. The Morgan fingerprint density at radius 1 is 1.57 bits per heavy atom. The summed E-state index contributed by atoms with van der Waals surface area (Å²) in [4.78, 5) is 23.5. The van der Waals surface area contributed by atoms with E-state index in [0.717, 1.165) is 0 Å². The minimum absolute atomic E-state index is 0.0612. The highest BCUT2D eigenvalue weighted by Gasteiger charge is 2.31. The van der Waals surface area contributed by atoms with Gasteiger partial charge in [-0.1, -0.05) is 0 Å². The number of hydrogen-bond acceptors (Lipinski definition) is 4. The maximum Gasteiger partial charge on any atom is 0.328 e. The van der Waals surface area contributed by atoms with Crippen molar-refractivity contribution in [3.8, 4) is 0 Å². The molecule has 6 heteroatoms. The molecule has 80 valence electrons. The van der Waals surface area contributed by atoms with Gasteiger partial charge in [0.2, 0.25) is 5.91 Å². The molecule has 0 saturated carbocycles. The van der Waals surface area contributed by atoms with E-state index in [0.29, 0.717) is 13.2 Å². The van der Waals surface area contributed by atoms with E-state index in [1.54, 1.807) is 0 Å². The average Bonchev–Trinajstić information content (AvgIpc) is 2.18. The molecule has 1 saturated heterocycles.